The Morgan fingerprint density at radius 2 is 2.08 bits per heavy atom. The summed E-state index contributed by atoms with van der Waals surface area (Å²) in [6, 6.07) is 12.2. The Morgan fingerprint density at radius 1 is 1.27 bits per heavy atom. The van der Waals surface area contributed by atoms with Crippen LogP contribution in [0, 0.1) is 0 Å². The van der Waals surface area contributed by atoms with Gasteiger partial charge in [-0.1, -0.05) is 43.7 Å². The second kappa shape index (κ2) is 6.75. The summed E-state index contributed by atoms with van der Waals surface area (Å²) in [7, 11) is 1.61. The predicted molar refractivity (Wildman–Crippen MR) is 102 cm³/mol. The van der Waals surface area contributed by atoms with Gasteiger partial charge in [0.05, 0.1) is 36.1 Å². The van der Waals surface area contributed by atoms with Gasteiger partial charge in [0, 0.05) is 12.0 Å². The number of phenolic OH excluding ortho intramolecular Hbond substituents is 1. The third-order valence-electron chi connectivity index (χ3n) is 4.88. The number of hydrogen-bond donors (Lipinski definition) is 2. The number of aryl methyl sites for hydroxylation is 1. The van der Waals surface area contributed by atoms with E-state index in [2.05, 4.69) is 29.6 Å². The number of ether oxygens (including phenoxy) is 1. The van der Waals surface area contributed by atoms with Crippen molar-refractivity contribution in [2.75, 3.05) is 7.11 Å². The van der Waals surface area contributed by atoms with Crippen LogP contribution in [0.5, 0.6) is 11.5 Å². The highest BCUT2D eigenvalue weighted by Crippen LogP contribution is 2.43. The topological polar surface area (TPSA) is 67.0 Å². The van der Waals surface area contributed by atoms with Crippen LogP contribution in [0.4, 0.5) is 0 Å². The number of aromatic hydroxyl groups is 1. The molecule has 0 bridgehead atoms. The largest absolute Gasteiger partial charge is 0.507 e. The molecule has 1 aromatic heterocycles. The molecule has 0 radical (unpaired) electrons. The van der Waals surface area contributed by atoms with E-state index in [9.17, 15) is 5.11 Å². The van der Waals surface area contributed by atoms with Crippen LogP contribution >= 0.6 is 0 Å². The third kappa shape index (κ3) is 2.60. The Labute approximate surface area is 152 Å². The molecule has 26 heavy (non-hydrogen) atoms. The first-order valence-electron chi connectivity index (χ1n) is 8.91. The molecule has 0 aliphatic carbocycles. The molecule has 5 nitrogen and oxygen atoms in total. The van der Waals surface area contributed by atoms with Crippen LogP contribution in [0.25, 0.3) is 11.0 Å². The number of hydrogen-bond acceptors (Lipinski definition) is 5. The average Bonchev–Trinajstić information content (AvgIpc) is 3.34. The molecule has 1 unspecified atom stereocenters. The van der Waals surface area contributed by atoms with Crippen molar-refractivity contribution in [3.8, 4) is 11.5 Å². The minimum atomic E-state index is 0.0879. The van der Waals surface area contributed by atoms with Crippen molar-refractivity contribution in [2.45, 2.75) is 32.2 Å². The quantitative estimate of drug-likeness (QED) is 0.709. The highest BCUT2D eigenvalue weighted by molar-refractivity contribution is 6.11. The van der Waals surface area contributed by atoms with Crippen molar-refractivity contribution in [1.29, 1.82) is 0 Å². The van der Waals surface area contributed by atoms with Crippen LogP contribution in [0.2, 0.25) is 0 Å². The fourth-order valence-electron chi connectivity index (χ4n) is 3.66. The second-order valence-corrected chi connectivity index (χ2v) is 6.50. The molecule has 1 aliphatic rings. The number of nitrogens with one attached hydrogen (secondary N) is 1. The van der Waals surface area contributed by atoms with Gasteiger partial charge in [0.25, 0.3) is 0 Å². The minimum Gasteiger partial charge on any atom is -0.507 e. The first-order chi connectivity index (χ1) is 12.7. The van der Waals surface area contributed by atoms with E-state index >= 15 is 0 Å². The monoisotopic (exact) mass is 350 g/mol. The Morgan fingerprint density at radius 3 is 2.81 bits per heavy atom. The molecule has 3 aromatic rings. The van der Waals surface area contributed by atoms with Crippen LogP contribution in [0.15, 0.2) is 52.2 Å². The smallest absolute Gasteiger partial charge is 0.144 e. The maximum Gasteiger partial charge on any atom is 0.144 e. The third-order valence-corrected chi connectivity index (χ3v) is 4.88. The molecule has 5 heteroatoms. The molecular weight excluding hydrogens is 328 g/mol. The average molecular weight is 350 g/mol. The van der Waals surface area contributed by atoms with Crippen LogP contribution < -0.4 is 10.2 Å². The lowest BCUT2D eigenvalue weighted by Gasteiger charge is -2.15. The summed E-state index contributed by atoms with van der Waals surface area (Å²) in [5.74, 6) is 0.820. The van der Waals surface area contributed by atoms with Crippen molar-refractivity contribution in [3.63, 3.8) is 0 Å². The van der Waals surface area contributed by atoms with Gasteiger partial charge in [0.2, 0.25) is 0 Å². The molecule has 134 valence electrons. The lowest BCUT2D eigenvalue weighted by atomic mass is 9.93. The van der Waals surface area contributed by atoms with Crippen molar-refractivity contribution in [1.82, 2.24) is 5.43 Å². The molecule has 2 aromatic carbocycles. The first-order valence-corrected chi connectivity index (χ1v) is 8.91. The number of furan rings is 1. The summed E-state index contributed by atoms with van der Waals surface area (Å²) in [5.41, 5.74) is 7.33. The van der Waals surface area contributed by atoms with E-state index in [0.717, 1.165) is 29.5 Å². The fraction of sp³-hybridized carbons (Fsp3) is 0.286. The first kappa shape index (κ1) is 16.5. The Kier molecular flexibility index (Phi) is 4.29. The Hall–Kier alpha value is -2.95. The van der Waals surface area contributed by atoms with E-state index in [-0.39, 0.29) is 11.8 Å². The zero-order valence-electron chi connectivity index (χ0n) is 15.0. The van der Waals surface area contributed by atoms with Crippen LogP contribution in [-0.4, -0.2) is 17.9 Å². The number of hydrazone groups is 1. The van der Waals surface area contributed by atoms with Crippen molar-refractivity contribution in [3.05, 3.63) is 59.4 Å². The fourth-order valence-corrected chi connectivity index (χ4v) is 3.66. The van der Waals surface area contributed by atoms with Crippen LogP contribution in [0.3, 0.4) is 0 Å². The predicted octanol–water partition coefficient (Wildman–Crippen LogP) is 4.54. The van der Waals surface area contributed by atoms with Crippen LogP contribution in [-0.2, 0) is 6.42 Å². The number of benzene rings is 2. The van der Waals surface area contributed by atoms with E-state index in [0.29, 0.717) is 23.3 Å². The van der Waals surface area contributed by atoms with Gasteiger partial charge in [-0.25, -0.2) is 0 Å². The highest BCUT2D eigenvalue weighted by atomic mass is 16.5. The van der Waals surface area contributed by atoms with Crippen molar-refractivity contribution < 1.29 is 14.3 Å². The van der Waals surface area contributed by atoms with E-state index in [4.69, 9.17) is 9.15 Å². The maximum absolute atomic E-state index is 11.0. The van der Waals surface area contributed by atoms with Gasteiger partial charge in [-0.3, -0.25) is 0 Å². The van der Waals surface area contributed by atoms with E-state index in [1.807, 2.05) is 24.3 Å². The molecule has 1 aliphatic heterocycles. The highest BCUT2D eigenvalue weighted by Gasteiger charge is 2.29. The molecule has 0 fully saturated rings. The van der Waals surface area contributed by atoms with Gasteiger partial charge in [-0.15, -0.1) is 0 Å². The maximum atomic E-state index is 11.0. The lowest BCUT2D eigenvalue weighted by Crippen LogP contribution is -2.10. The van der Waals surface area contributed by atoms with Gasteiger partial charge in [-0.05, 0) is 18.1 Å². The van der Waals surface area contributed by atoms with Crippen LogP contribution in [0.1, 0.15) is 42.5 Å². The molecule has 2 N–H and O–H groups in total. The van der Waals surface area contributed by atoms with Gasteiger partial charge in [-0.2, -0.15) is 5.10 Å². The number of fused-ring (bicyclic) bond motifs is 1. The Bertz CT molecular complexity index is 960. The van der Waals surface area contributed by atoms with Gasteiger partial charge in [0.1, 0.15) is 17.1 Å². The summed E-state index contributed by atoms with van der Waals surface area (Å²) in [5, 5.41) is 16.4. The zero-order valence-corrected chi connectivity index (χ0v) is 15.0. The molecule has 0 saturated carbocycles. The summed E-state index contributed by atoms with van der Waals surface area (Å²) >= 11 is 0. The number of methoxy groups -OCH3 is 1. The summed E-state index contributed by atoms with van der Waals surface area (Å²) < 4.78 is 11.3. The molecule has 4 rings (SSSR count). The zero-order chi connectivity index (χ0) is 18.1. The molecule has 0 spiro atoms. The second-order valence-electron chi connectivity index (χ2n) is 6.50. The van der Waals surface area contributed by atoms with Gasteiger partial charge >= 0.3 is 0 Å². The number of phenols is 1. The molecule has 0 amide bonds. The Balaban J connectivity index is 1.80. The molecule has 0 saturated heterocycles. The van der Waals surface area contributed by atoms with Gasteiger partial charge < -0.3 is 19.7 Å². The normalized spacial score (nSPS) is 16.5. The lowest BCUT2D eigenvalue weighted by molar-refractivity contribution is 0.409. The molecule has 1 atom stereocenters. The standard InChI is InChI=1S/C21H22N2O3/c1-3-7-14-19(24)18(21(25-2)15-10-11-26-20(14)15)17-12-16(22-23-17)13-8-5-4-6-9-13/h4-6,8-11,16,22,24H,3,7,12H2,1-2H3. The van der Waals surface area contributed by atoms with E-state index in [1.165, 1.54) is 5.56 Å². The summed E-state index contributed by atoms with van der Waals surface area (Å²) in [4.78, 5) is 0. The summed E-state index contributed by atoms with van der Waals surface area (Å²) in [6.07, 6.45) is 3.96. The van der Waals surface area contributed by atoms with Crippen molar-refractivity contribution >= 4 is 16.7 Å². The summed E-state index contributed by atoms with van der Waals surface area (Å²) in [6.45, 7) is 2.08. The number of nitrogens with zero attached hydrogens (tertiary/aromatic N) is 1. The van der Waals surface area contributed by atoms with E-state index < -0.39 is 0 Å². The number of rotatable bonds is 5. The minimum absolute atomic E-state index is 0.0879. The molecule has 2 heterocycles. The van der Waals surface area contributed by atoms with Crippen molar-refractivity contribution in [2.24, 2.45) is 5.10 Å². The molecular formula is C21H22N2O3. The van der Waals surface area contributed by atoms with E-state index in [1.54, 1.807) is 13.4 Å². The van der Waals surface area contributed by atoms with Gasteiger partial charge in [0.15, 0.2) is 0 Å². The SMILES string of the molecule is CCCc1c(O)c(C2=NNC(c3ccccc3)C2)c(OC)c2ccoc12.